The first kappa shape index (κ1) is 10.8. The molecule has 0 unspecified atom stereocenters. The molecule has 82 valence electrons. The Bertz CT molecular complexity index is 329. The van der Waals surface area contributed by atoms with Crippen molar-refractivity contribution in [3.8, 4) is 0 Å². The lowest BCUT2D eigenvalue weighted by atomic mass is 10.2. The minimum atomic E-state index is 0.344. The maximum Gasteiger partial charge on any atom is 0.0722 e. The number of rotatable bonds is 2. The Morgan fingerprint density at radius 3 is 3.07 bits per heavy atom. The van der Waals surface area contributed by atoms with Gasteiger partial charge in [-0.25, -0.2) is 0 Å². The predicted octanol–water partition coefficient (Wildman–Crippen LogP) is 2.63. The maximum absolute atomic E-state index is 5.54. The van der Waals surface area contributed by atoms with Crippen LogP contribution in [0.25, 0.3) is 0 Å². The number of ether oxygens (including phenoxy) is 1. The van der Waals surface area contributed by atoms with E-state index in [-0.39, 0.29) is 0 Å². The van der Waals surface area contributed by atoms with Crippen molar-refractivity contribution < 1.29 is 4.74 Å². The van der Waals surface area contributed by atoms with Crippen LogP contribution < -0.4 is 4.90 Å². The highest BCUT2D eigenvalue weighted by molar-refractivity contribution is 7.98. The van der Waals surface area contributed by atoms with E-state index >= 15 is 0 Å². The molecule has 15 heavy (non-hydrogen) atoms. The number of hydrogen-bond donors (Lipinski definition) is 0. The van der Waals surface area contributed by atoms with Gasteiger partial charge in [0.05, 0.1) is 12.7 Å². The molecule has 0 spiro atoms. The molecular formula is C12H17NOS. The molecule has 0 bridgehead atoms. The van der Waals surface area contributed by atoms with Crippen LogP contribution in [0.1, 0.15) is 6.92 Å². The van der Waals surface area contributed by atoms with E-state index in [2.05, 4.69) is 42.3 Å². The van der Waals surface area contributed by atoms with E-state index in [1.54, 1.807) is 11.8 Å². The van der Waals surface area contributed by atoms with Gasteiger partial charge in [0.15, 0.2) is 0 Å². The molecule has 1 saturated heterocycles. The summed E-state index contributed by atoms with van der Waals surface area (Å²) in [6, 6.07) is 8.71. The Balaban J connectivity index is 2.13. The van der Waals surface area contributed by atoms with E-state index in [1.165, 1.54) is 10.6 Å². The molecule has 1 heterocycles. The molecule has 2 rings (SSSR count). The van der Waals surface area contributed by atoms with E-state index in [1.807, 2.05) is 0 Å². The monoisotopic (exact) mass is 223 g/mol. The quantitative estimate of drug-likeness (QED) is 0.715. The van der Waals surface area contributed by atoms with E-state index in [4.69, 9.17) is 4.74 Å². The van der Waals surface area contributed by atoms with Crippen LogP contribution >= 0.6 is 11.8 Å². The molecule has 0 N–H and O–H groups in total. The highest BCUT2D eigenvalue weighted by atomic mass is 32.2. The third-order valence-electron chi connectivity index (χ3n) is 2.66. The molecule has 1 aromatic carbocycles. The number of benzene rings is 1. The first-order chi connectivity index (χ1) is 7.29. The predicted molar refractivity (Wildman–Crippen MR) is 65.9 cm³/mol. The number of nitrogens with zero attached hydrogens (tertiary/aromatic N) is 1. The summed E-state index contributed by atoms with van der Waals surface area (Å²) in [7, 11) is 0. The Morgan fingerprint density at radius 2 is 2.33 bits per heavy atom. The molecule has 0 amide bonds. The fraction of sp³-hybridized carbons (Fsp3) is 0.500. The van der Waals surface area contributed by atoms with Gasteiger partial charge in [0.25, 0.3) is 0 Å². The zero-order valence-electron chi connectivity index (χ0n) is 9.27. The van der Waals surface area contributed by atoms with Gasteiger partial charge in [-0.2, -0.15) is 0 Å². The molecule has 0 aliphatic carbocycles. The van der Waals surface area contributed by atoms with E-state index < -0.39 is 0 Å². The van der Waals surface area contributed by atoms with Crippen molar-refractivity contribution in [2.45, 2.75) is 17.9 Å². The summed E-state index contributed by atoms with van der Waals surface area (Å²) in [6.45, 7) is 4.97. The Hall–Kier alpha value is -0.670. The largest absolute Gasteiger partial charge is 0.375 e. The fourth-order valence-electron chi connectivity index (χ4n) is 1.86. The summed E-state index contributed by atoms with van der Waals surface area (Å²) in [6.07, 6.45) is 2.46. The van der Waals surface area contributed by atoms with Crippen LogP contribution in [-0.4, -0.2) is 32.1 Å². The van der Waals surface area contributed by atoms with Gasteiger partial charge in [0, 0.05) is 23.7 Å². The van der Waals surface area contributed by atoms with Crippen LogP contribution in [0.3, 0.4) is 0 Å². The van der Waals surface area contributed by atoms with Crippen LogP contribution in [0, 0.1) is 0 Å². The van der Waals surface area contributed by atoms with Crippen molar-refractivity contribution in [3.05, 3.63) is 24.3 Å². The van der Waals surface area contributed by atoms with Gasteiger partial charge in [-0.15, -0.1) is 11.8 Å². The van der Waals surface area contributed by atoms with Gasteiger partial charge in [-0.3, -0.25) is 0 Å². The lowest BCUT2D eigenvalue weighted by Gasteiger charge is -2.33. The fourth-order valence-corrected chi connectivity index (χ4v) is 2.31. The van der Waals surface area contributed by atoms with Crippen molar-refractivity contribution in [2.24, 2.45) is 0 Å². The van der Waals surface area contributed by atoms with Gasteiger partial charge in [0.2, 0.25) is 0 Å². The van der Waals surface area contributed by atoms with Crippen LogP contribution in [0.5, 0.6) is 0 Å². The summed E-state index contributed by atoms with van der Waals surface area (Å²) in [5, 5.41) is 0. The summed E-state index contributed by atoms with van der Waals surface area (Å²) in [5.41, 5.74) is 1.32. The second kappa shape index (κ2) is 4.90. The number of morpholine rings is 1. The average molecular weight is 223 g/mol. The number of hydrogen-bond acceptors (Lipinski definition) is 3. The molecule has 0 aromatic heterocycles. The third kappa shape index (κ3) is 2.67. The molecule has 0 saturated carbocycles. The summed E-state index contributed by atoms with van der Waals surface area (Å²) < 4.78 is 5.54. The van der Waals surface area contributed by atoms with Crippen molar-refractivity contribution in [1.82, 2.24) is 0 Å². The molecule has 1 fully saturated rings. The molecular weight excluding hydrogens is 206 g/mol. The van der Waals surface area contributed by atoms with Crippen LogP contribution in [0.2, 0.25) is 0 Å². The van der Waals surface area contributed by atoms with Crippen molar-refractivity contribution in [3.63, 3.8) is 0 Å². The normalized spacial score (nSPS) is 21.7. The highest BCUT2D eigenvalue weighted by Crippen LogP contribution is 2.23. The van der Waals surface area contributed by atoms with E-state index in [0.717, 1.165) is 19.7 Å². The first-order valence-corrected chi connectivity index (χ1v) is 6.52. The van der Waals surface area contributed by atoms with E-state index in [0.29, 0.717) is 6.10 Å². The first-order valence-electron chi connectivity index (χ1n) is 5.30. The highest BCUT2D eigenvalue weighted by Gasteiger charge is 2.16. The van der Waals surface area contributed by atoms with Crippen LogP contribution in [-0.2, 0) is 4.74 Å². The SMILES string of the molecule is CSc1cccc(N2CCO[C@@H](C)C2)c1. The maximum atomic E-state index is 5.54. The molecule has 0 radical (unpaired) electrons. The van der Waals surface area contributed by atoms with Crippen LogP contribution in [0.4, 0.5) is 5.69 Å². The average Bonchev–Trinajstić information content (AvgIpc) is 2.29. The molecule has 3 heteroatoms. The summed E-state index contributed by atoms with van der Waals surface area (Å²) in [4.78, 5) is 3.72. The summed E-state index contributed by atoms with van der Waals surface area (Å²) >= 11 is 1.79. The zero-order valence-corrected chi connectivity index (χ0v) is 10.1. The molecule has 1 aliphatic heterocycles. The zero-order chi connectivity index (χ0) is 10.7. The van der Waals surface area contributed by atoms with Gasteiger partial charge in [-0.05, 0) is 31.4 Å². The Morgan fingerprint density at radius 1 is 1.47 bits per heavy atom. The molecule has 1 aliphatic rings. The van der Waals surface area contributed by atoms with Crippen molar-refractivity contribution in [2.75, 3.05) is 30.9 Å². The third-order valence-corrected chi connectivity index (χ3v) is 3.38. The van der Waals surface area contributed by atoms with Crippen LogP contribution in [0.15, 0.2) is 29.2 Å². The summed E-state index contributed by atoms with van der Waals surface area (Å²) in [5.74, 6) is 0. The smallest absolute Gasteiger partial charge is 0.0722 e. The lowest BCUT2D eigenvalue weighted by molar-refractivity contribution is 0.0532. The standard InChI is InChI=1S/C12H17NOS/c1-10-9-13(6-7-14-10)11-4-3-5-12(8-11)15-2/h3-5,8,10H,6-7,9H2,1-2H3/t10-/m0/s1. The minimum absolute atomic E-state index is 0.344. The number of anilines is 1. The lowest BCUT2D eigenvalue weighted by Crippen LogP contribution is -2.41. The van der Waals surface area contributed by atoms with Gasteiger partial charge in [-0.1, -0.05) is 6.07 Å². The Labute approximate surface area is 95.6 Å². The topological polar surface area (TPSA) is 12.5 Å². The van der Waals surface area contributed by atoms with E-state index in [9.17, 15) is 0 Å². The van der Waals surface area contributed by atoms with Crippen molar-refractivity contribution >= 4 is 17.4 Å². The second-order valence-electron chi connectivity index (χ2n) is 3.83. The van der Waals surface area contributed by atoms with Gasteiger partial charge in [0.1, 0.15) is 0 Å². The second-order valence-corrected chi connectivity index (χ2v) is 4.71. The Kier molecular flexibility index (Phi) is 3.54. The number of thioether (sulfide) groups is 1. The van der Waals surface area contributed by atoms with Gasteiger partial charge < -0.3 is 9.64 Å². The van der Waals surface area contributed by atoms with Crippen molar-refractivity contribution in [1.29, 1.82) is 0 Å². The molecule has 1 atom stereocenters. The van der Waals surface area contributed by atoms with Gasteiger partial charge >= 0.3 is 0 Å². The minimum Gasteiger partial charge on any atom is -0.375 e. The molecule has 2 nitrogen and oxygen atoms in total. The molecule has 1 aromatic rings.